The molecule has 1 aromatic heterocycles. The summed E-state index contributed by atoms with van der Waals surface area (Å²) in [4.78, 5) is 16.8. The Hall–Kier alpha value is -1.47. The first kappa shape index (κ1) is 14.5. The monoisotopic (exact) mass is 292 g/mol. The minimum absolute atomic E-state index is 0.0114. The van der Waals surface area contributed by atoms with Crippen molar-refractivity contribution in [3.8, 4) is 0 Å². The van der Waals surface area contributed by atoms with Crippen LogP contribution in [0.5, 0.6) is 0 Å². The van der Waals surface area contributed by atoms with Crippen molar-refractivity contribution in [2.24, 2.45) is 0 Å². The average Bonchev–Trinajstić information content (AvgIpc) is 2.93. The number of nitrogens with one attached hydrogen (secondary N) is 1. The second-order valence-corrected chi connectivity index (χ2v) is 5.98. The number of piperazine rings is 1. The fourth-order valence-electron chi connectivity index (χ4n) is 2.80. The molecule has 2 fully saturated rings. The maximum absolute atomic E-state index is 12.5. The first-order valence-corrected chi connectivity index (χ1v) is 7.85. The van der Waals surface area contributed by atoms with E-state index < -0.39 is 0 Å². The summed E-state index contributed by atoms with van der Waals surface area (Å²) in [6, 6.07) is 0.940. The van der Waals surface area contributed by atoms with Gasteiger partial charge in [0.25, 0.3) is 5.91 Å². The van der Waals surface area contributed by atoms with Crippen molar-refractivity contribution in [2.75, 3.05) is 39.3 Å². The lowest BCUT2D eigenvalue weighted by atomic mass is 10.2. The summed E-state index contributed by atoms with van der Waals surface area (Å²) in [7, 11) is 0. The number of nitrogens with zero attached hydrogens (tertiary/aromatic N) is 5. The van der Waals surface area contributed by atoms with Crippen LogP contribution < -0.4 is 5.32 Å². The van der Waals surface area contributed by atoms with Gasteiger partial charge in [-0.15, -0.1) is 5.10 Å². The predicted octanol–water partition coefficient (Wildman–Crippen LogP) is -0.0213. The molecule has 1 unspecified atom stereocenters. The molecule has 0 radical (unpaired) electrons. The number of carbonyl (C=O) groups excluding carboxylic acids is 1. The molecular weight excluding hydrogens is 268 g/mol. The Morgan fingerprint density at radius 1 is 1.38 bits per heavy atom. The highest BCUT2D eigenvalue weighted by Gasteiger charge is 2.27. The van der Waals surface area contributed by atoms with Crippen molar-refractivity contribution in [1.82, 2.24) is 30.1 Å². The molecule has 2 aliphatic heterocycles. The molecule has 0 aliphatic carbocycles. The number of amides is 1. The van der Waals surface area contributed by atoms with E-state index in [4.69, 9.17) is 0 Å². The molecule has 7 heteroatoms. The van der Waals surface area contributed by atoms with E-state index in [9.17, 15) is 4.79 Å². The zero-order chi connectivity index (χ0) is 14.8. The van der Waals surface area contributed by atoms with Crippen LogP contribution >= 0.6 is 0 Å². The molecule has 116 valence electrons. The molecule has 0 spiro atoms. The molecule has 1 aromatic rings. The van der Waals surface area contributed by atoms with E-state index in [0.29, 0.717) is 17.8 Å². The van der Waals surface area contributed by atoms with Gasteiger partial charge in [0.1, 0.15) is 0 Å². The average molecular weight is 292 g/mol. The highest BCUT2D eigenvalue weighted by molar-refractivity contribution is 5.92. The molecule has 3 heterocycles. The highest BCUT2D eigenvalue weighted by Crippen LogP contribution is 2.13. The fraction of sp³-hybridized carbons (Fsp3) is 0.786. The van der Waals surface area contributed by atoms with Crippen molar-refractivity contribution < 1.29 is 4.79 Å². The predicted molar refractivity (Wildman–Crippen MR) is 79.2 cm³/mol. The Balaban J connectivity index is 1.57. The molecule has 0 aromatic carbocycles. The smallest absolute Gasteiger partial charge is 0.276 e. The van der Waals surface area contributed by atoms with Gasteiger partial charge in [-0.05, 0) is 13.3 Å². The molecule has 2 saturated heterocycles. The third kappa shape index (κ3) is 2.94. The summed E-state index contributed by atoms with van der Waals surface area (Å²) in [6.07, 6.45) is 2.94. The first-order valence-electron chi connectivity index (χ1n) is 7.85. The van der Waals surface area contributed by atoms with Gasteiger partial charge in [0.05, 0.1) is 12.2 Å². The number of aromatic nitrogens is 3. The van der Waals surface area contributed by atoms with Gasteiger partial charge < -0.3 is 10.2 Å². The first-order chi connectivity index (χ1) is 10.2. The second kappa shape index (κ2) is 6.11. The van der Waals surface area contributed by atoms with E-state index in [0.717, 1.165) is 45.7 Å². The van der Waals surface area contributed by atoms with Crippen LogP contribution in [0.3, 0.4) is 0 Å². The van der Waals surface area contributed by atoms with Gasteiger partial charge >= 0.3 is 0 Å². The molecule has 21 heavy (non-hydrogen) atoms. The van der Waals surface area contributed by atoms with Gasteiger partial charge in [-0.2, -0.15) is 0 Å². The van der Waals surface area contributed by atoms with Gasteiger partial charge in [-0.25, -0.2) is 4.68 Å². The van der Waals surface area contributed by atoms with E-state index in [1.54, 1.807) is 10.9 Å². The topological polar surface area (TPSA) is 66.3 Å². The van der Waals surface area contributed by atoms with E-state index in [-0.39, 0.29) is 5.91 Å². The summed E-state index contributed by atoms with van der Waals surface area (Å²) < 4.78 is 1.80. The SMILES string of the molecule is CCC(C)N1CCN(C(=O)c2cn(C3CNC3)nn2)CC1. The normalized spacial score (nSPS) is 22.1. The molecule has 1 amide bonds. The zero-order valence-corrected chi connectivity index (χ0v) is 12.8. The van der Waals surface area contributed by atoms with Gasteiger partial charge in [0, 0.05) is 45.3 Å². The van der Waals surface area contributed by atoms with E-state index in [1.165, 1.54) is 0 Å². The van der Waals surface area contributed by atoms with Crippen LogP contribution in [0.15, 0.2) is 6.20 Å². The van der Waals surface area contributed by atoms with Gasteiger partial charge in [0.2, 0.25) is 0 Å². The molecular formula is C14H24N6O. The Morgan fingerprint density at radius 3 is 2.67 bits per heavy atom. The largest absolute Gasteiger partial charge is 0.335 e. The summed E-state index contributed by atoms with van der Waals surface area (Å²) in [6.45, 7) is 9.71. The number of hydrogen-bond acceptors (Lipinski definition) is 5. The third-order valence-electron chi connectivity index (χ3n) is 4.68. The van der Waals surface area contributed by atoms with Crippen molar-refractivity contribution in [2.45, 2.75) is 32.4 Å². The van der Waals surface area contributed by atoms with Crippen LogP contribution in [0, 0.1) is 0 Å². The van der Waals surface area contributed by atoms with E-state index in [2.05, 4.69) is 34.4 Å². The van der Waals surface area contributed by atoms with Crippen LogP contribution in [-0.2, 0) is 0 Å². The van der Waals surface area contributed by atoms with Gasteiger partial charge in [-0.1, -0.05) is 12.1 Å². The highest BCUT2D eigenvalue weighted by atomic mass is 16.2. The van der Waals surface area contributed by atoms with E-state index >= 15 is 0 Å². The van der Waals surface area contributed by atoms with Crippen molar-refractivity contribution >= 4 is 5.91 Å². The molecule has 7 nitrogen and oxygen atoms in total. The quantitative estimate of drug-likeness (QED) is 0.845. The zero-order valence-electron chi connectivity index (χ0n) is 12.8. The number of rotatable bonds is 4. The van der Waals surface area contributed by atoms with Crippen molar-refractivity contribution in [3.63, 3.8) is 0 Å². The maximum atomic E-state index is 12.5. The van der Waals surface area contributed by atoms with Crippen molar-refractivity contribution in [1.29, 1.82) is 0 Å². The molecule has 1 atom stereocenters. The van der Waals surface area contributed by atoms with Crippen LogP contribution in [-0.4, -0.2) is 76.0 Å². The Bertz CT molecular complexity index is 489. The van der Waals surface area contributed by atoms with Gasteiger partial charge in [0.15, 0.2) is 5.69 Å². The summed E-state index contributed by atoms with van der Waals surface area (Å²) in [5, 5.41) is 11.3. The Kier molecular flexibility index (Phi) is 4.21. The van der Waals surface area contributed by atoms with E-state index in [1.807, 2.05) is 4.90 Å². The lowest BCUT2D eigenvalue weighted by Crippen LogP contribution is -2.51. The van der Waals surface area contributed by atoms with Crippen LogP contribution in [0.2, 0.25) is 0 Å². The number of carbonyl (C=O) groups is 1. The van der Waals surface area contributed by atoms with Crippen molar-refractivity contribution in [3.05, 3.63) is 11.9 Å². The third-order valence-corrected chi connectivity index (χ3v) is 4.68. The molecule has 3 rings (SSSR count). The number of hydrogen-bond donors (Lipinski definition) is 1. The molecule has 0 saturated carbocycles. The minimum atomic E-state index is 0.0114. The molecule has 1 N–H and O–H groups in total. The van der Waals surface area contributed by atoms with Crippen LogP contribution in [0.25, 0.3) is 0 Å². The van der Waals surface area contributed by atoms with Gasteiger partial charge in [-0.3, -0.25) is 9.69 Å². The molecule has 2 aliphatic rings. The standard InChI is InChI=1S/C14H24N6O/c1-3-11(2)18-4-6-19(7-5-18)14(21)13-10-20(17-16-13)12-8-15-9-12/h10-12,15H,3-9H2,1-2H3. The lowest BCUT2D eigenvalue weighted by Gasteiger charge is -2.37. The summed E-state index contributed by atoms with van der Waals surface area (Å²) in [5.41, 5.74) is 0.471. The van der Waals surface area contributed by atoms with Crippen LogP contribution in [0.4, 0.5) is 0 Å². The maximum Gasteiger partial charge on any atom is 0.276 e. The van der Waals surface area contributed by atoms with Crippen LogP contribution in [0.1, 0.15) is 36.8 Å². The fourth-order valence-corrected chi connectivity index (χ4v) is 2.80. The summed E-state index contributed by atoms with van der Waals surface area (Å²) in [5.74, 6) is 0.0114. The minimum Gasteiger partial charge on any atom is -0.335 e. The summed E-state index contributed by atoms with van der Waals surface area (Å²) >= 11 is 0. The Labute approximate surface area is 125 Å². The second-order valence-electron chi connectivity index (χ2n) is 5.98. The lowest BCUT2D eigenvalue weighted by molar-refractivity contribution is 0.0574. The Morgan fingerprint density at radius 2 is 2.10 bits per heavy atom. The molecule has 0 bridgehead atoms.